The lowest BCUT2D eigenvalue weighted by atomic mass is 10.2. The Kier molecular flexibility index (Phi) is 5.01. The Hall–Kier alpha value is -0.650. The second-order valence-corrected chi connectivity index (χ2v) is 3.94. The van der Waals surface area contributed by atoms with E-state index in [-0.39, 0.29) is 24.7 Å². The number of hydrogen-bond acceptors (Lipinski definition) is 5. The molecule has 1 rings (SSSR count). The molecule has 5 heteroatoms. The summed E-state index contributed by atoms with van der Waals surface area (Å²) in [6.07, 6.45) is 0.147. The Labute approximate surface area is 89.8 Å². The van der Waals surface area contributed by atoms with E-state index in [9.17, 15) is 9.90 Å². The van der Waals surface area contributed by atoms with Gasteiger partial charge in [-0.25, -0.2) is 0 Å². The number of ether oxygens (including phenoxy) is 2. The van der Waals surface area contributed by atoms with Crippen LogP contribution in [0.3, 0.4) is 0 Å². The third-order valence-electron chi connectivity index (χ3n) is 2.17. The van der Waals surface area contributed by atoms with Gasteiger partial charge in [-0.15, -0.1) is 0 Å². The zero-order valence-electron chi connectivity index (χ0n) is 9.23. The number of carbonyl (C=O) groups excluding carboxylic acids is 1. The van der Waals surface area contributed by atoms with E-state index in [0.29, 0.717) is 19.6 Å². The summed E-state index contributed by atoms with van der Waals surface area (Å²) >= 11 is 0. The predicted molar refractivity (Wildman–Crippen MR) is 54.5 cm³/mol. The lowest BCUT2D eigenvalue weighted by Crippen LogP contribution is -2.33. The average Bonchev–Trinajstić information content (AvgIpc) is 2.59. The highest BCUT2D eigenvalue weighted by Crippen LogP contribution is 2.07. The van der Waals surface area contributed by atoms with Crippen molar-refractivity contribution in [1.29, 1.82) is 0 Å². The maximum absolute atomic E-state index is 11.4. The van der Waals surface area contributed by atoms with E-state index in [4.69, 9.17) is 9.47 Å². The van der Waals surface area contributed by atoms with Crippen LogP contribution < -0.4 is 5.32 Å². The number of nitrogens with one attached hydrogen (secondary N) is 1. The highest BCUT2D eigenvalue weighted by atomic mass is 16.6. The van der Waals surface area contributed by atoms with Crippen LogP contribution in [0, 0.1) is 0 Å². The molecule has 0 aliphatic carbocycles. The lowest BCUT2D eigenvalue weighted by molar-refractivity contribution is -0.147. The van der Waals surface area contributed by atoms with Crippen LogP contribution in [0.25, 0.3) is 0 Å². The maximum atomic E-state index is 11.4. The van der Waals surface area contributed by atoms with E-state index in [1.165, 1.54) is 0 Å². The highest BCUT2D eigenvalue weighted by Gasteiger charge is 2.28. The molecule has 0 spiro atoms. The third-order valence-corrected chi connectivity index (χ3v) is 2.17. The first-order valence-electron chi connectivity index (χ1n) is 5.29. The highest BCUT2D eigenvalue weighted by molar-refractivity contribution is 5.76. The van der Waals surface area contributed by atoms with Crippen molar-refractivity contribution >= 4 is 5.97 Å². The number of carbonyl (C=O) groups is 1. The minimum absolute atomic E-state index is 0.148. The van der Waals surface area contributed by atoms with Crippen LogP contribution in [0.4, 0.5) is 0 Å². The van der Waals surface area contributed by atoms with Crippen LogP contribution in [0.15, 0.2) is 0 Å². The van der Waals surface area contributed by atoms with Crippen LogP contribution >= 0.6 is 0 Å². The second kappa shape index (κ2) is 6.05. The Morgan fingerprint density at radius 2 is 2.27 bits per heavy atom. The molecule has 1 fully saturated rings. The van der Waals surface area contributed by atoms with Crippen LogP contribution in [0.1, 0.15) is 20.3 Å². The van der Waals surface area contributed by atoms with Crippen LogP contribution in [-0.4, -0.2) is 49.1 Å². The average molecular weight is 217 g/mol. The fourth-order valence-electron chi connectivity index (χ4n) is 1.42. The molecule has 1 saturated heterocycles. The summed E-state index contributed by atoms with van der Waals surface area (Å²) in [5.74, 6) is -0.307. The molecule has 1 aliphatic rings. The van der Waals surface area contributed by atoms with Gasteiger partial charge in [-0.3, -0.25) is 4.79 Å². The van der Waals surface area contributed by atoms with Gasteiger partial charge >= 0.3 is 5.97 Å². The molecule has 0 aromatic heterocycles. The number of aliphatic hydroxyl groups is 1. The van der Waals surface area contributed by atoms with Crippen molar-refractivity contribution in [3.8, 4) is 0 Å². The van der Waals surface area contributed by atoms with Gasteiger partial charge in [0.1, 0.15) is 12.6 Å². The van der Waals surface area contributed by atoms with Crippen molar-refractivity contribution in [3.05, 3.63) is 0 Å². The summed E-state index contributed by atoms with van der Waals surface area (Å²) in [6, 6.07) is -0.362. The van der Waals surface area contributed by atoms with E-state index >= 15 is 0 Å². The molecular formula is C10H19NO4. The van der Waals surface area contributed by atoms with Gasteiger partial charge in [-0.05, 0) is 13.8 Å². The molecule has 0 bridgehead atoms. The molecule has 88 valence electrons. The van der Waals surface area contributed by atoms with Crippen LogP contribution in [0.5, 0.6) is 0 Å². The molecule has 2 N–H and O–H groups in total. The Morgan fingerprint density at radius 3 is 2.80 bits per heavy atom. The summed E-state index contributed by atoms with van der Waals surface area (Å²) in [7, 11) is 0. The summed E-state index contributed by atoms with van der Waals surface area (Å²) < 4.78 is 10.2. The van der Waals surface area contributed by atoms with Crippen molar-refractivity contribution in [3.63, 3.8) is 0 Å². The summed E-state index contributed by atoms with van der Waals surface area (Å²) in [5, 5.41) is 12.1. The normalized spacial score (nSPS) is 25.9. The van der Waals surface area contributed by atoms with E-state index in [1.54, 1.807) is 0 Å². The molecule has 0 saturated carbocycles. The summed E-state index contributed by atoms with van der Waals surface area (Å²) in [4.78, 5) is 11.4. The molecule has 0 radical (unpaired) electrons. The number of β-amino-alcohol motifs (C(OH)–C–C–N with tert-alkyl or cyclic N) is 1. The van der Waals surface area contributed by atoms with Crippen molar-refractivity contribution in [1.82, 2.24) is 5.32 Å². The first kappa shape index (κ1) is 12.4. The largest absolute Gasteiger partial charge is 0.462 e. The van der Waals surface area contributed by atoms with Gasteiger partial charge in [0, 0.05) is 13.0 Å². The fraction of sp³-hybridized carbons (Fsp3) is 0.900. The van der Waals surface area contributed by atoms with Gasteiger partial charge in [-0.2, -0.15) is 0 Å². The van der Waals surface area contributed by atoms with Gasteiger partial charge < -0.3 is 19.9 Å². The molecule has 15 heavy (non-hydrogen) atoms. The number of aliphatic hydroxyl groups excluding tert-OH is 1. The molecule has 5 nitrogen and oxygen atoms in total. The van der Waals surface area contributed by atoms with Crippen LogP contribution in [-0.2, 0) is 14.3 Å². The Morgan fingerprint density at radius 1 is 1.53 bits per heavy atom. The monoisotopic (exact) mass is 217 g/mol. The molecule has 2 atom stereocenters. The van der Waals surface area contributed by atoms with E-state index < -0.39 is 6.10 Å². The van der Waals surface area contributed by atoms with Crippen molar-refractivity contribution in [2.45, 2.75) is 38.5 Å². The molecule has 2 unspecified atom stereocenters. The molecule has 1 heterocycles. The molecule has 0 amide bonds. The standard InChI is InChI=1S/C10H19NO4/c1-7(2)14-3-4-15-10(13)9-5-8(12)6-11-9/h7-9,11-12H,3-6H2,1-2H3. The van der Waals surface area contributed by atoms with Gasteiger partial charge in [0.15, 0.2) is 0 Å². The number of rotatable bonds is 5. The number of esters is 1. The van der Waals surface area contributed by atoms with Gasteiger partial charge in [-0.1, -0.05) is 0 Å². The quantitative estimate of drug-likeness (QED) is 0.488. The Balaban J connectivity index is 2.08. The van der Waals surface area contributed by atoms with Crippen LogP contribution in [0.2, 0.25) is 0 Å². The minimum atomic E-state index is -0.436. The lowest BCUT2D eigenvalue weighted by Gasteiger charge is -2.11. The van der Waals surface area contributed by atoms with Crippen molar-refractivity contribution < 1.29 is 19.4 Å². The third kappa shape index (κ3) is 4.59. The van der Waals surface area contributed by atoms with Gasteiger partial charge in [0.05, 0.1) is 18.8 Å². The van der Waals surface area contributed by atoms with E-state index in [2.05, 4.69) is 5.32 Å². The second-order valence-electron chi connectivity index (χ2n) is 3.94. The van der Waals surface area contributed by atoms with Gasteiger partial charge in [0.25, 0.3) is 0 Å². The SMILES string of the molecule is CC(C)OCCOC(=O)C1CC(O)CN1. The molecule has 0 aromatic rings. The van der Waals surface area contributed by atoms with Gasteiger partial charge in [0.2, 0.25) is 0 Å². The smallest absolute Gasteiger partial charge is 0.323 e. The summed E-state index contributed by atoms with van der Waals surface area (Å²) in [5.41, 5.74) is 0. The molecule has 1 aliphatic heterocycles. The molecule has 0 aromatic carbocycles. The first-order valence-corrected chi connectivity index (χ1v) is 5.29. The maximum Gasteiger partial charge on any atom is 0.323 e. The van der Waals surface area contributed by atoms with Crippen molar-refractivity contribution in [2.75, 3.05) is 19.8 Å². The zero-order valence-corrected chi connectivity index (χ0v) is 9.23. The van der Waals surface area contributed by atoms with E-state index in [1.807, 2.05) is 13.8 Å². The minimum Gasteiger partial charge on any atom is -0.462 e. The molecular weight excluding hydrogens is 198 g/mol. The predicted octanol–water partition coefficient (Wildman–Crippen LogP) is -0.323. The fourth-order valence-corrected chi connectivity index (χ4v) is 1.42. The zero-order chi connectivity index (χ0) is 11.3. The number of hydrogen-bond donors (Lipinski definition) is 2. The summed E-state index contributed by atoms with van der Waals surface area (Å²) in [6.45, 7) is 5.00. The first-order chi connectivity index (χ1) is 7.09. The van der Waals surface area contributed by atoms with Crippen molar-refractivity contribution in [2.24, 2.45) is 0 Å². The Bertz CT molecular complexity index is 208. The van der Waals surface area contributed by atoms with E-state index in [0.717, 1.165) is 0 Å². The topological polar surface area (TPSA) is 67.8 Å².